The zero-order valence-corrected chi connectivity index (χ0v) is 13.5. The van der Waals surface area contributed by atoms with Crippen molar-refractivity contribution in [3.63, 3.8) is 0 Å². The van der Waals surface area contributed by atoms with Gasteiger partial charge in [0, 0.05) is 5.56 Å². The maximum atomic E-state index is 13.1. The Morgan fingerprint density at radius 2 is 1.79 bits per heavy atom. The lowest BCUT2D eigenvalue weighted by atomic mass is 9.82. The Balaban J connectivity index is 1.63. The quantitative estimate of drug-likeness (QED) is 0.529. The predicted octanol–water partition coefficient (Wildman–Crippen LogP) is 5.44. The first kappa shape index (κ1) is 16.6. The highest BCUT2D eigenvalue weighted by atomic mass is 19.2. The first-order chi connectivity index (χ1) is 11.7. The Bertz CT molecular complexity index is 709. The van der Waals surface area contributed by atoms with Gasteiger partial charge in [0.1, 0.15) is 12.8 Å². The fraction of sp³-hybridized carbons (Fsp3) is 0.350. The molecule has 0 N–H and O–H groups in total. The van der Waals surface area contributed by atoms with Crippen molar-refractivity contribution in [3.8, 4) is 0 Å². The van der Waals surface area contributed by atoms with Gasteiger partial charge in [-0.15, -0.1) is 0 Å². The highest BCUT2D eigenvalue weighted by Crippen LogP contribution is 2.33. The summed E-state index contributed by atoms with van der Waals surface area (Å²) in [7, 11) is 0. The summed E-state index contributed by atoms with van der Waals surface area (Å²) in [6, 6.07) is 11.8. The van der Waals surface area contributed by atoms with E-state index in [2.05, 4.69) is 17.4 Å². The van der Waals surface area contributed by atoms with Crippen LogP contribution in [0, 0.1) is 11.6 Å². The molecule has 3 rings (SSSR count). The maximum absolute atomic E-state index is 13.1. The summed E-state index contributed by atoms with van der Waals surface area (Å²) < 4.78 is 26.0. The Kier molecular flexibility index (Phi) is 5.57. The monoisotopic (exact) mass is 328 g/mol. The number of halogens is 2. The highest BCUT2D eigenvalue weighted by Gasteiger charge is 2.17. The molecule has 1 aliphatic rings. The molecule has 0 heterocycles. The molecule has 1 radical (unpaired) electrons. The van der Waals surface area contributed by atoms with Crippen LogP contribution < -0.4 is 0 Å². The van der Waals surface area contributed by atoms with Crippen molar-refractivity contribution in [1.29, 1.82) is 0 Å². The molecule has 2 aromatic carbocycles. The van der Waals surface area contributed by atoms with Crippen molar-refractivity contribution >= 4 is 6.21 Å². The SMILES string of the molecule is Fc1ccc(CO/N=[C]\c2ccccc2C2CCCCC2)cc1F. The van der Waals surface area contributed by atoms with Gasteiger partial charge < -0.3 is 4.84 Å². The van der Waals surface area contributed by atoms with E-state index in [1.807, 2.05) is 18.2 Å². The van der Waals surface area contributed by atoms with Gasteiger partial charge in [0.05, 0.1) is 0 Å². The van der Waals surface area contributed by atoms with Crippen LogP contribution in [0.4, 0.5) is 8.78 Å². The van der Waals surface area contributed by atoms with Crippen molar-refractivity contribution in [2.45, 2.75) is 44.6 Å². The predicted molar refractivity (Wildman–Crippen MR) is 90.0 cm³/mol. The van der Waals surface area contributed by atoms with Crippen LogP contribution >= 0.6 is 0 Å². The van der Waals surface area contributed by atoms with Gasteiger partial charge in [-0.1, -0.05) is 54.8 Å². The van der Waals surface area contributed by atoms with E-state index in [1.54, 1.807) is 0 Å². The number of hydrogen-bond acceptors (Lipinski definition) is 2. The molecule has 125 valence electrons. The van der Waals surface area contributed by atoms with Crippen LogP contribution in [0.25, 0.3) is 0 Å². The Labute approximate surface area is 141 Å². The zero-order valence-electron chi connectivity index (χ0n) is 13.5. The summed E-state index contributed by atoms with van der Waals surface area (Å²) in [5.74, 6) is -1.19. The lowest BCUT2D eigenvalue weighted by Gasteiger charge is -2.23. The fourth-order valence-corrected chi connectivity index (χ4v) is 3.19. The Hall–Kier alpha value is -2.23. The van der Waals surface area contributed by atoms with Crippen LogP contribution in [0.2, 0.25) is 0 Å². The van der Waals surface area contributed by atoms with E-state index in [4.69, 9.17) is 4.84 Å². The molecule has 0 unspecified atom stereocenters. The third-order valence-electron chi connectivity index (χ3n) is 4.45. The van der Waals surface area contributed by atoms with Crippen LogP contribution in [0.5, 0.6) is 0 Å². The second-order valence-corrected chi connectivity index (χ2v) is 6.15. The summed E-state index contributed by atoms with van der Waals surface area (Å²) in [6.45, 7) is 0.0792. The molecule has 2 aromatic rings. The third-order valence-corrected chi connectivity index (χ3v) is 4.45. The molecule has 0 aliphatic heterocycles. The maximum Gasteiger partial charge on any atom is 0.159 e. The van der Waals surface area contributed by atoms with E-state index in [-0.39, 0.29) is 6.61 Å². The summed E-state index contributed by atoms with van der Waals surface area (Å²) in [4.78, 5) is 5.19. The number of hydrogen-bond donors (Lipinski definition) is 0. The van der Waals surface area contributed by atoms with E-state index >= 15 is 0 Å². The van der Waals surface area contributed by atoms with E-state index in [0.29, 0.717) is 11.5 Å². The molecule has 1 aliphatic carbocycles. The number of nitrogens with zero attached hydrogens (tertiary/aromatic N) is 1. The summed E-state index contributed by atoms with van der Waals surface area (Å²) in [6.07, 6.45) is 9.19. The lowest BCUT2D eigenvalue weighted by molar-refractivity contribution is 0.132. The van der Waals surface area contributed by atoms with E-state index < -0.39 is 11.6 Å². The number of benzene rings is 2. The summed E-state index contributed by atoms with van der Waals surface area (Å²) in [5, 5.41) is 3.88. The van der Waals surface area contributed by atoms with Gasteiger partial charge in [-0.2, -0.15) is 0 Å². The molecule has 1 fully saturated rings. The molecule has 24 heavy (non-hydrogen) atoms. The molecule has 1 saturated carbocycles. The topological polar surface area (TPSA) is 21.6 Å². The first-order valence-electron chi connectivity index (χ1n) is 8.35. The smallest absolute Gasteiger partial charge is 0.159 e. The fourth-order valence-electron chi connectivity index (χ4n) is 3.19. The highest BCUT2D eigenvalue weighted by molar-refractivity contribution is 5.81. The minimum atomic E-state index is -0.883. The summed E-state index contributed by atoms with van der Waals surface area (Å²) >= 11 is 0. The molecule has 0 bridgehead atoms. The molecule has 0 atom stereocenters. The average molecular weight is 328 g/mol. The van der Waals surface area contributed by atoms with Gasteiger partial charge in [0.25, 0.3) is 0 Å². The molecule has 0 amide bonds. The minimum Gasteiger partial charge on any atom is -0.390 e. The zero-order chi connectivity index (χ0) is 16.8. The normalized spacial score (nSPS) is 15.8. The third kappa shape index (κ3) is 4.19. The van der Waals surface area contributed by atoms with Crippen molar-refractivity contribution in [3.05, 3.63) is 70.8 Å². The van der Waals surface area contributed by atoms with Crippen molar-refractivity contribution in [2.75, 3.05) is 0 Å². The molecule has 4 heteroatoms. The van der Waals surface area contributed by atoms with Gasteiger partial charge in [0.2, 0.25) is 0 Å². The van der Waals surface area contributed by atoms with Crippen molar-refractivity contribution in [2.24, 2.45) is 5.16 Å². The minimum absolute atomic E-state index is 0.0792. The lowest BCUT2D eigenvalue weighted by Crippen LogP contribution is -2.07. The Morgan fingerprint density at radius 1 is 1.00 bits per heavy atom. The average Bonchev–Trinajstić information content (AvgIpc) is 2.63. The Morgan fingerprint density at radius 3 is 2.58 bits per heavy atom. The molecular weight excluding hydrogens is 308 g/mol. The summed E-state index contributed by atoms with van der Waals surface area (Å²) in [5.41, 5.74) is 2.73. The van der Waals surface area contributed by atoms with Crippen LogP contribution in [0.1, 0.15) is 54.7 Å². The van der Waals surface area contributed by atoms with E-state index in [1.165, 1.54) is 43.7 Å². The number of rotatable bonds is 5. The van der Waals surface area contributed by atoms with Crippen LogP contribution in [-0.4, -0.2) is 6.21 Å². The van der Waals surface area contributed by atoms with Gasteiger partial charge in [0.15, 0.2) is 11.6 Å². The molecule has 0 aromatic heterocycles. The van der Waals surface area contributed by atoms with Crippen LogP contribution in [0.15, 0.2) is 47.6 Å². The van der Waals surface area contributed by atoms with Crippen LogP contribution in [-0.2, 0) is 11.4 Å². The van der Waals surface area contributed by atoms with Crippen molar-refractivity contribution < 1.29 is 13.6 Å². The van der Waals surface area contributed by atoms with Gasteiger partial charge in [-0.05, 0) is 42.0 Å². The molecule has 0 spiro atoms. The largest absolute Gasteiger partial charge is 0.390 e. The molecule has 2 nitrogen and oxygen atoms in total. The second kappa shape index (κ2) is 8.04. The standard InChI is InChI=1S/C20H20F2NO/c21-19-11-10-15(12-20(19)22)14-24-23-13-17-8-4-5-9-18(17)16-6-2-1-3-7-16/h4-5,8-12,16H,1-3,6-7,14H2. The van der Waals surface area contributed by atoms with E-state index in [9.17, 15) is 8.78 Å². The molecule has 0 saturated heterocycles. The van der Waals surface area contributed by atoms with Crippen molar-refractivity contribution in [1.82, 2.24) is 0 Å². The first-order valence-corrected chi connectivity index (χ1v) is 8.35. The van der Waals surface area contributed by atoms with Gasteiger partial charge in [-0.3, -0.25) is 0 Å². The molecular formula is C20H20F2NO. The van der Waals surface area contributed by atoms with Crippen LogP contribution in [0.3, 0.4) is 0 Å². The van der Waals surface area contributed by atoms with E-state index in [0.717, 1.165) is 17.7 Å². The van der Waals surface area contributed by atoms with Gasteiger partial charge in [-0.25, -0.2) is 8.78 Å². The second-order valence-electron chi connectivity index (χ2n) is 6.15. The van der Waals surface area contributed by atoms with Gasteiger partial charge >= 0.3 is 0 Å².